The lowest BCUT2D eigenvalue weighted by Gasteiger charge is -2.19. The minimum Gasteiger partial charge on any atom is -0.465 e. The highest BCUT2D eigenvalue weighted by Gasteiger charge is 2.20. The van der Waals surface area contributed by atoms with Gasteiger partial charge in [0.05, 0.1) is 12.7 Å². The molecule has 0 radical (unpaired) electrons. The predicted octanol–water partition coefficient (Wildman–Crippen LogP) is 1.26. The van der Waals surface area contributed by atoms with Crippen molar-refractivity contribution in [3.05, 3.63) is 34.6 Å². The molecule has 2 rings (SSSR count). The van der Waals surface area contributed by atoms with E-state index in [1.165, 1.54) is 19.2 Å². The summed E-state index contributed by atoms with van der Waals surface area (Å²) >= 11 is 0. The first-order valence-corrected chi connectivity index (χ1v) is 4.83. The van der Waals surface area contributed by atoms with Gasteiger partial charge in [0.2, 0.25) is 0 Å². The maximum Gasteiger partial charge on any atom is 0.338 e. The molecule has 80 valence electrons. The van der Waals surface area contributed by atoms with Crippen molar-refractivity contribution >= 4 is 5.97 Å². The highest BCUT2D eigenvalue weighted by atomic mass is 19.1. The van der Waals surface area contributed by atoms with Gasteiger partial charge in [-0.2, -0.15) is 0 Å². The van der Waals surface area contributed by atoms with E-state index in [1.807, 2.05) is 0 Å². The molecule has 1 aliphatic rings. The molecule has 0 amide bonds. The summed E-state index contributed by atoms with van der Waals surface area (Å²) in [7, 11) is 1.33. The SMILES string of the molecule is COC(=O)c1ccc(F)c2c1CNCC2. The van der Waals surface area contributed by atoms with Gasteiger partial charge in [-0.3, -0.25) is 0 Å². The van der Waals surface area contributed by atoms with E-state index in [9.17, 15) is 9.18 Å². The second-order valence-corrected chi connectivity index (χ2v) is 3.47. The van der Waals surface area contributed by atoms with Crippen LogP contribution in [0.5, 0.6) is 0 Å². The lowest BCUT2D eigenvalue weighted by atomic mass is 9.95. The Bertz CT molecular complexity index is 404. The maximum absolute atomic E-state index is 13.4. The van der Waals surface area contributed by atoms with Crippen LogP contribution >= 0.6 is 0 Å². The molecular formula is C11H12FNO2. The van der Waals surface area contributed by atoms with E-state index in [-0.39, 0.29) is 5.82 Å². The lowest BCUT2D eigenvalue weighted by molar-refractivity contribution is 0.0599. The quantitative estimate of drug-likeness (QED) is 0.707. The second-order valence-electron chi connectivity index (χ2n) is 3.47. The highest BCUT2D eigenvalue weighted by molar-refractivity contribution is 5.91. The third-order valence-electron chi connectivity index (χ3n) is 2.63. The van der Waals surface area contributed by atoms with Crippen LogP contribution in [0.3, 0.4) is 0 Å². The van der Waals surface area contributed by atoms with Crippen LogP contribution in [-0.2, 0) is 17.7 Å². The van der Waals surface area contributed by atoms with Crippen molar-refractivity contribution in [2.45, 2.75) is 13.0 Å². The van der Waals surface area contributed by atoms with Crippen LogP contribution in [0, 0.1) is 5.82 Å². The normalized spacial score (nSPS) is 14.5. The zero-order chi connectivity index (χ0) is 10.8. The molecule has 1 aromatic carbocycles. The minimum atomic E-state index is -0.407. The molecule has 0 aliphatic carbocycles. The Kier molecular flexibility index (Phi) is 2.68. The number of carbonyl (C=O) groups is 1. The van der Waals surface area contributed by atoms with Crippen molar-refractivity contribution < 1.29 is 13.9 Å². The molecule has 1 heterocycles. The summed E-state index contributed by atoms with van der Waals surface area (Å²) in [6, 6.07) is 2.81. The van der Waals surface area contributed by atoms with Crippen molar-refractivity contribution in [1.29, 1.82) is 0 Å². The number of nitrogens with one attached hydrogen (secondary N) is 1. The summed E-state index contributed by atoms with van der Waals surface area (Å²) in [5, 5.41) is 3.11. The summed E-state index contributed by atoms with van der Waals surface area (Å²) < 4.78 is 18.1. The van der Waals surface area contributed by atoms with Crippen LogP contribution in [0.25, 0.3) is 0 Å². The number of fused-ring (bicyclic) bond motifs is 1. The number of hydrogen-bond acceptors (Lipinski definition) is 3. The van der Waals surface area contributed by atoms with E-state index in [0.29, 0.717) is 24.1 Å². The summed E-state index contributed by atoms with van der Waals surface area (Å²) in [6.45, 7) is 1.27. The zero-order valence-electron chi connectivity index (χ0n) is 8.47. The van der Waals surface area contributed by atoms with Crippen LogP contribution in [0.15, 0.2) is 12.1 Å². The van der Waals surface area contributed by atoms with E-state index < -0.39 is 5.97 Å². The third kappa shape index (κ3) is 1.72. The van der Waals surface area contributed by atoms with Gasteiger partial charge in [0.15, 0.2) is 0 Å². The van der Waals surface area contributed by atoms with Gasteiger partial charge in [0, 0.05) is 6.54 Å². The number of hydrogen-bond donors (Lipinski definition) is 1. The molecule has 0 aromatic heterocycles. The van der Waals surface area contributed by atoms with Crippen molar-refractivity contribution in [2.24, 2.45) is 0 Å². The van der Waals surface area contributed by atoms with Gasteiger partial charge in [-0.1, -0.05) is 0 Å². The summed E-state index contributed by atoms with van der Waals surface area (Å²) in [5.41, 5.74) is 1.82. The standard InChI is InChI=1S/C11H12FNO2/c1-15-11(14)8-2-3-10(12)7-4-5-13-6-9(7)8/h2-3,13H,4-6H2,1H3. The molecule has 0 bridgehead atoms. The molecule has 0 saturated heterocycles. The molecule has 1 aromatic rings. The monoisotopic (exact) mass is 209 g/mol. The van der Waals surface area contributed by atoms with Gasteiger partial charge in [-0.05, 0) is 36.2 Å². The molecule has 3 nitrogen and oxygen atoms in total. The predicted molar refractivity (Wildman–Crippen MR) is 53.2 cm³/mol. The molecule has 0 saturated carbocycles. The first kappa shape index (κ1) is 10.1. The fraction of sp³-hybridized carbons (Fsp3) is 0.364. The van der Waals surface area contributed by atoms with E-state index in [1.54, 1.807) is 0 Å². The molecule has 1 aliphatic heterocycles. The lowest BCUT2D eigenvalue weighted by Crippen LogP contribution is -2.27. The number of rotatable bonds is 1. The summed E-state index contributed by atoms with van der Waals surface area (Å²) in [5.74, 6) is -0.644. The fourth-order valence-electron chi connectivity index (χ4n) is 1.86. The zero-order valence-corrected chi connectivity index (χ0v) is 8.47. The molecule has 1 N–H and O–H groups in total. The van der Waals surface area contributed by atoms with Crippen LogP contribution in [0.1, 0.15) is 21.5 Å². The Morgan fingerprint density at radius 3 is 3.00 bits per heavy atom. The molecule has 0 spiro atoms. The second kappa shape index (κ2) is 3.98. The number of esters is 1. The van der Waals surface area contributed by atoms with Gasteiger partial charge < -0.3 is 10.1 Å². The Balaban J connectivity index is 2.52. The molecule has 0 fully saturated rings. The molecule has 4 heteroatoms. The van der Waals surface area contributed by atoms with E-state index in [2.05, 4.69) is 10.1 Å². The summed E-state index contributed by atoms with van der Waals surface area (Å²) in [4.78, 5) is 11.4. The Morgan fingerprint density at radius 2 is 2.27 bits per heavy atom. The van der Waals surface area contributed by atoms with Crippen molar-refractivity contribution in [3.63, 3.8) is 0 Å². The van der Waals surface area contributed by atoms with Gasteiger partial charge in [0.1, 0.15) is 5.82 Å². The van der Waals surface area contributed by atoms with Crippen molar-refractivity contribution in [3.8, 4) is 0 Å². The Morgan fingerprint density at radius 1 is 1.47 bits per heavy atom. The average molecular weight is 209 g/mol. The van der Waals surface area contributed by atoms with Gasteiger partial charge in [-0.15, -0.1) is 0 Å². The first-order chi connectivity index (χ1) is 7.24. The van der Waals surface area contributed by atoms with Crippen LogP contribution in [0.4, 0.5) is 4.39 Å². The van der Waals surface area contributed by atoms with Crippen LogP contribution < -0.4 is 5.32 Å². The van der Waals surface area contributed by atoms with Crippen LogP contribution in [-0.4, -0.2) is 19.6 Å². The number of benzene rings is 1. The molecular weight excluding hydrogens is 197 g/mol. The first-order valence-electron chi connectivity index (χ1n) is 4.83. The average Bonchev–Trinajstić information content (AvgIpc) is 2.29. The Labute approximate surface area is 87.2 Å². The topological polar surface area (TPSA) is 38.3 Å². The largest absolute Gasteiger partial charge is 0.465 e. The highest BCUT2D eigenvalue weighted by Crippen LogP contribution is 2.22. The Hall–Kier alpha value is -1.42. The summed E-state index contributed by atoms with van der Waals surface area (Å²) in [6.07, 6.45) is 0.617. The van der Waals surface area contributed by atoms with Gasteiger partial charge in [0.25, 0.3) is 0 Å². The fourth-order valence-corrected chi connectivity index (χ4v) is 1.86. The van der Waals surface area contributed by atoms with Gasteiger partial charge in [-0.25, -0.2) is 9.18 Å². The van der Waals surface area contributed by atoms with E-state index in [4.69, 9.17) is 0 Å². The minimum absolute atomic E-state index is 0.237. The number of carbonyl (C=O) groups excluding carboxylic acids is 1. The van der Waals surface area contributed by atoms with E-state index >= 15 is 0 Å². The number of ether oxygens (including phenoxy) is 1. The van der Waals surface area contributed by atoms with Crippen LogP contribution in [0.2, 0.25) is 0 Å². The van der Waals surface area contributed by atoms with Crippen molar-refractivity contribution in [2.75, 3.05) is 13.7 Å². The van der Waals surface area contributed by atoms with E-state index in [0.717, 1.165) is 12.1 Å². The van der Waals surface area contributed by atoms with Crippen molar-refractivity contribution in [1.82, 2.24) is 5.32 Å². The smallest absolute Gasteiger partial charge is 0.338 e. The third-order valence-corrected chi connectivity index (χ3v) is 2.63. The molecule has 0 atom stereocenters. The number of halogens is 1. The molecule has 0 unspecified atom stereocenters. The maximum atomic E-state index is 13.4. The van der Waals surface area contributed by atoms with Gasteiger partial charge >= 0.3 is 5.97 Å². The molecule has 15 heavy (non-hydrogen) atoms. The number of methoxy groups -OCH3 is 1.